The van der Waals surface area contributed by atoms with Crippen molar-refractivity contribution in [3.63, 3.8) is 0 Å². The first kappa shape index (κ1) is 88.5. The Labute approximate surface area is 561 Å². The lowest BCUT2D eigenvalue weighted by molar-refractivity contribution is -0.870. The zero-order valence-electron chi connectivity index (χ0n) is 61.1. The van der Waals surface area contributed by atoms with Gasteiger partial charge in [-0.1, -0.05) is 372 Å². The van der Waals surface area contributed by atoms with Crippen LogP contribution < -0.4 is 4.89 Å². The summed E-state index contributed by atoms with van der Waals surface area (Å²) in [6, 6.07) is 0. The Hall–Kier alpha value is -1.51. The molecule has 0 aliphatic rings. The molecule has 0 fully saturated rings. The van der Waals surface area contributed by atoms with Crippen molar-refractivity contribution in [1.29, 1.82) is 0 Å². The molecule has 0 aliphatic heterocycles. The normalized spacial score (nSPS) is 13.1. The topological polar surface area (TPSA) is 111 Å². The second-order valence-electron chi connectivity index (χ2n) is 28.8. The quantitative estimate of drug-likeness (QED) is 0.0195. The summed E-state index contributed by atoms with van der Waals surface area (Å²) in [5.74, 6) is -0.805. The maximum Gasteiger partial charge on any atom is 0.306 e. The Balaban J connectivity index is 3.90. The second-order valence-corrected chi connectivity index (χ2v) is 30.2. The van der Waals surface area contributed by atoms with E-state index in [9.17, 15) is 19.0 Å². The van der Waals surface area contributed by atoms with Crippen molar-refractivity contribution in [2.24, 2.45) is 0 Å². The number of phosphoric acid groups is 1. The van der Waals surface area contributed by atoms with Crippen LogP contribution in [0.2, 0.25) is 0 Å². The minimum Gasteiger partial charge on any atom is -0.756 e. The van der Waals surface area contributed by atoms with Gasteiger partial charge in [0.1, 0.15) is 19.8 Å². The Bertz CT molecular complexity index is 1560. The number of likely N-dealkylation sites (N-methyl/N-ethyl adjacent to an activating group) is 1. The highest BCUT2D eigenvalue weighted by atomic mass is 31.2. The SMILES string of the molecule is CCCCCCCCCC/C=C\CCCCCCCCCCCCCCCCCCCCCCCCCC(=O)OC(COC(=O)CCCCCCCCCCCCCCCCCCCCC/C=C\CCCCCCCCCC)COP(=O)([O-])OCC[N+](C)(C)C. The summed E-state index contributed by atoms with van der Waals surface area (Å²) >= 11 is 0. The van der Waals surface area contributed by atoms with Gasteiger partial charge < -0.3 is 27.9 Å². The van der Waals surface area contributed by atoms with Gasteiger partial charge in [-0.3, -0.25) is 14.2 Å². The maximum absolute atomic E-state index is 12.9. The van der Waals surface area contributed by atoms with Gasteiger partial charge in [-0.25, -0.2) is 0 Å². The number of ether oxygens (including phenoxy) is 2. The summed E-state index contributed by atoms with van der Waals surface area (Å²) in [7, 11) is 1.19. The average Bonchev–Trinajstić information content (AvgIpc) is 3.61. The van der Waals surface area contributed by atoms with Crippen LogP contribution in [-0.4, -0.2) is 70.0 Å². The molecule has 534 valence electrons. The summed E-state index contributed by atoms with van der Waals surface area (Å²) in [5.41, 5.74) is 0. The van der Waals surface area contributed by atoms with Crippen molar-refractivity contribution in [3.05, 3.63) is 24.3 Å². The van der Waals surface area contributed by atoms with Crippen LogP contribution in [0.1, 0.15) is 425 Å². The van der Waals surface area contributed by atoms with Crippen molar-refractivity contribution in [3.8, 4) is 0 Å². The van der Waals surface area contributed by atoms with E-state index >= 15 is 0 Å². The number of carbonyl (C=O) groups is 2. The average molecular weight is 1290 g/mol. The molecule has 2 unspecified atom stereocenters. The van der Waals surface area contributed by atoms with Gasteiger partial charge in [0, 0.05) is 12.8 Å². The predicted octanol–water partition coefficient (Wildman–Crippen LogP) is 25.8. The number of quaternary nitrogens is 1. The van der Waals surface area contributed by atoms with Gasteiger partial charge in [-0.2, -0.15) is 0 Å². The Morgan fingerprint density at radius 3 is 0.822 bits per heavy atom. The van der Waals surface area contributed by atoms with Crippen molar-refractivity contribution in [2.75, 3.05) is 47.5 Å². The molecular formula is C80H156NO8P. The molecule has 0 aromatic heterocycles. The van der Waals surface area contributed by atoms with Crippen molar-refractivity contribution >= 4 is 19.8 Å². The van der Waals surface area contributed by atoms with Gasteiger partial charge in [0.05, 0.1) is 27.7 Å². The second kappa shape index (κ2) is 71.8. The number of unbranched alkanes of at least 4 members (excludes halogenated alkanes) is 58. The van der Waals surface area contributed by atoms with Gasteiger partial charge in [0.15, 0.2) is 6.10 Å². The zero-order chi connectivity index (χ0) is 65.5. The number of rotatable bonds is 76. The van der Waals surface area contributed by atoms with Crippen LogP contribution in [0.25, 0.3) is 0 Å². The highest BCUT2D eigenvalue weighted by molar-refractivity contribution is 7.45. The highest BCUT2D eigenvalue weighted by Crippen LogP contribution is 2.38. The van der Waals surface area contributed by atoms with Crippen LogP contribution in [0.4, 0.5) is 0 Å². The predicted molar refractivity (Wildman–Crippen MR) is 388 cm³/mol. The van der Waals surface area contributed by atoms with E-state index in [0.717, 1.165) is 32.1 Å². The molecule has 0 amide bonds. The lowest BCUT2D eigenvalue weighted by Gasteiger charge is -2.28. The van der Waals surface area contributed by atoms with Crippen LogP contribution in [0, 0.1) is 0 Å². The molecule has 0 rings (SSSR count). The van der Waals surface area contributed by atoms with Gasteiger partial charge in [-0.05, 0) is 64.2 Å². The minimum absolute atomic E-state index is 0.0265. The van der Waals surface area contributed by atoms with E-state index in [0.29, 0.717) is 17.4 Å². The number of phosphoric ester groups is 1. The summed E-state index contributed by atoms with van der Waals surface area (Å²) in [6.07, 6.45) is 91.7. The van der Waals surface area contributed by atoms with E-state index in [4.69, 9.17) is 18.5 Å². The third-order valence-electron chi connectivity index (χ3n) is 18.4. The number of allylic oxidation sites excluding steroid dienone is 4. The summed E-state index contributed by atoms with van der Waals surface area (Å²) in [5, 5.41) is 0. The summed E-state index contributed by atoms with van der Waals surface area (Å²) < 4.78 is 34.4. The molecule has 90 heavy (non-hydrogen) atoms. The molecule has 0 aliphatic carbocycles. The van der Waals surface area contributed by atoms with Gasteiger partial charge >= 0.3 is 11.9 Å². The van der Waals surface area contributed by atoms with E-state index in [1.165, 1.54) is 360 Å². The van der Waals surface area contributed by atoms with Crippen LogP contribution in [0.3, 0.4) is 0 Å². The number of hydrogen-bond acceptors (Lipinski definition) is 8. The third-order valence-corrected chi connectivity index (χ3v) is 19.4. The first-order chi connectivity index (χ1) is 44.0. The smallest absolute Gasteiger partial charge is 0.306 e. The van der Waals surface area contributed by atoms with Gasteiger partial charge in [-0.15, -0.1) is 0 Å². The van der Waals surface area contributed by atoms with E-state index in [2.05, 4.69) is 38.2 Å². The molecule has 0 saturated heterocycles. The number of nitrogens with zero attached hydrogens (tertiary/aromatic N) is 1. The van der Waals surface area contributed by atoms with Crippen LogP contribution in [0.15, 0.2) is 24.3 Å². The van der Waals surface area contributed by atoms with E-state index in [-0.39, 0.29) is 32.0 Å². The van der Waals surface area contributed by atoms with Crippen molar-refractivity contribution in [1.82, 2.24) is 0 Å². The van der Waals surface area contributed by atoms with Gasteiger partial charge in [0.2, 0.25) is 0 Å². The van der Waals surface area contributed by atoms with Crippen molar-refractivity contribution < 1.29 is 42.1 Å². The molecule has 0 bridgehead atoms. The van der Waals surface area contributed by atoms with E-state index in [1.807, 2.05) is 21.1 Å². The van der Waals surface area contributed by atoms with Crippen LogP contribution in [0.5, 0.6) is 0 Å². The molecule has 0 aromatic carbocycles. The number of hydrogen-bond donors (Lipinski definition) is 0. The number of carbonyl (C=O) groups excluding carboxylic acids is 2. The fourth-order valence-corrected chi connectivity index (χ4v) is 13.0. The minimum atomic E-state index is -4.64. The van der Waals surface area contributed by atoms with E-state index < -0.39 is 26.5 Å². The third kappa shape index (κ3) is 75.5. The molecule has 10 heteroatoms. The highest BCUT2D eigenvalue weighted by Gasteiger charge is 2.22. The Morgan fingerprint density at radius 1 is 0.333 bits per heavy atom. The Morgan fingerprint density at radius 2 is 0.567 bits per heavy atom. The first-order valence-electron chi connectivity index (χ1n) is 40.0. The lowest BCUT2D eigenvalue weighted by atomic mass is 10.0. The molecule has 0 saturated carbocycles. The molecule has 0 N–H and O–H groups in total. The molecule has 0 radical (unpaired) electrons. The molecule has 0 spiro atoms. The van der Waals surface area contributed by atoms with Crippen LogP contribution >= 0.6 is 7.82 Å². The van der Waals surface area contributed by atoms with Crippen molar-refractivity contribution in [2.45, 2.75) is 431 Å². The molecule has 2 atom stereocenters. The van der Waals surface area contributed by atoms with E-state index in [1.54, 1.807) is 0 Å². The zero-order valence-corrected chi connectivity index (χ0v) is 62.0. The molecular weight excluding hydrogens is 1130 g/mol. The number of esters is 2. The fraction of sp³-hybridized carbons (Fsp3) is 0.925. The maximum atomic E-state index is 12.9. The summed E-state index contributed by atoms with van der Waals surface area (Å²) in [4.78, 5) is 38.2. The van der Waals surface area contributed by atoms with Crippen LogP contribution in [-0.2, 0) is 32.7 Å². The molecule has 9 nitrogen and oxygen atoms in total. The molecule has 0 aromatic rings. The largest absolute Gasteiger partial charge is 0.756 e. The lowest BCUT2D eigenvalue weighted by Crippen LogP contribution is -2.37. The molecule has 0 heterocycles. The summed E-state index contributed by atoms with van der Waals surface area (Å²) in [6.45, 7) is 4.33. The Kier molecular flexibility index (Phi) is 70.6. The first-order valence-corrected chi connectivity index (χ1v) is 41.5. The standard InChI is InChI=1S/C80H156NO8P/c1-6-8-10-12-14-16-18-20-22-24-26-28-30-32-34-36-38-39-40-41-43-45-47-49-51-53-55-57-59-61-63-65-67-69-71-73-80(83)89-78(77-88-90(84,85)87-75-74-81(3,4)5)76-86-79(82)72-70-68-66-64-62-60-58-56-54-52-50-48-46-44-42-37-35-33-31-29-27-25-23-21-19-17-15-13-11-9-7-2/h24-27,78H,6-23,28-77H2,1-5H3/b26-24-,27-25-. The van der Waals surface area contributed by atoms with Gasteiger partial charge in [0.25, 0.3) is 7.82 Å². The fourth-order valence-electron chi connectivity index (χ4n) is 12.3. The monoisotopic (exact) mass is 1290 g/mol.